The van der Waals surface area contributed by atoms with E-state index in [1.807, 2.05) is 44.2 Å². The first-order valence-electron chi connectivity index (χ1n) is 11.9. The average Bonchev–Trinajstić information content (AvgIpc) is 3.36. The van der Waals surface area contributed by atoms with Crippen LogP contribution in [0.25, 0.3) is 32.6 Å². The van der Waals surface area contributed by atoms with Gasteiger partial charge in [0.05, 0.1) is 39.8 Å². The van der Waals surface area contributed by atoms with E-state index in [9.17, 15) is 10.1 Å². The summed E-state index contributed by atoms with van der Waals surface area (Å²) in [6.45, 7) is 6.19. The van der Waals surface area contributed by atoms with Crippen LogP contribution in [0.5, 0.6) is 0 Å². The van der Waals surface area contributed by atoms with Crippen LogP contribution in [0.3, 0.4) is 0 Å². The molecule has 0 radical (unpaired) electrons. The van der Waals surface area contributed by atoms with Crippen LogP contribution in [0.2, 0.25) is 0 Å². The smallest absolute Gasteiger partial charge is 0.322 e. The lowest BCUT2D eigenvalue weighted by Crippen LogP contribution is -2.52. The van der Waals surface area contributed by atoms with E-state index in [-0.39, 0.29) is 12.1 Å². The fraction of sp³-hybridized carbons (Fsp3) is 0.259. The highest BCUT2D eigenvalue weighted by molar-refractivity contribution is 7.19. The Labute approximate surface area is 218 Å². The second-order valence-corrected chi connectivity index (χ2v) is 9.84. The van der Waals surface area contributed by atoms with E-state index in [2.05, 4.69) is 32.3 Å². The largest absolute Gasteiger partial charge is 0.323 e. The van der Waals surface area contributed by atoms with Crippen LogP contribution in [-0.2, 0) is 0 Å². The number of nitrogens with one attached hydrogen (secondary N) is 1. The maximum atomic E-state index is 13.1. The van der Waals surface area contributed by atoms with Gasteiger partial charge in [0.1, 0.15) is 6.33 Å². The van der Waals surface area contributed by atoms with Crippen molar-refractivity contribution in [2.24, 2.45) is 0 Å². The zero-order chi connectivity index (χ0) is 25.9. The molecule has 3 heterocycles. The first kappa shape index (κ1) is 24.3. The van der Waals surface area contributed by atoms with Crippen LogP contribution in [0.15, 0.2) is 48.8 Å². The normalized spacial score (nSPS) is 14.6. The Morgan fingerprint density at radius 3 is 2.65 bits per heavy atom. The predicted molar refractivity (Wildman–Crippen MR) is 143 cm³/mol. The van der Waals surface area contributed by atoms with Gasteiger partial charge in [0.15, 0.2) is 5.13 Å². The van der Waals surface area contributed by atoms with Gasteiger partial charge >= 0.3 is 6.03 Å². The van der Waals surface area contributed by atoms with Gasteiger partial charge in [0.25, 0.3) is 0 Å². The zero-order valence-corrected chi connectivity index (χ0v) is 21.3. The van der Waals surface area contributed by atoms with Gasteiger partial charge in [-0.2, -0.15) is 10.5 Å². The van der Waals surface area contributed by atoms with Crippen molar-refractivity contribution in [1.29, 1.82) is 10.5 Å². The van der Waals surface area contributed by atoms with Gasteiger partial charge in [-0.15, -0.1) is 0 Å². The number of hydrogen-bond acceptors (Lipinski definition) is 8. The minimum atomic E-state index is -0.218. The molecule has 2 amide bonds. The number of nitriles is 2. The number of aryl methyl sites for hydroxylation is 1. The molecule has 2 aromatic carbocycles. The van der Waals surface area contributed by atoms with Gasteiger partial charge in [-0.05, 0) is 43.7 Å². The number of benzene rings is 2. The molecule has 0 saturated carbocycles. The zero-order valence-electron chi connectivity index (χ0n) is 20.5. The highest BCUT2D eigenvalue weighted by Crippen LogP contribution is 2.40. The van der Waals surface area contributed by atoms with Gasteiger partial charge in [-0.3, -0.25) is 10.2 Å². The van der Waals surface area contributed by atoms with Crippen molar-refractivity contribution in [1.82, 2.24) is 24.8 Å². The third-order valence-electron chi connectivity index (χ3n) is 6.54. The van der Waals surface area contributed by atoms with Crippen molar-refractivity contribution in [2.45, 2.75) is 19.9 Å². The molecule has 0 bridgehead atoms. The number of anilines is 1. The number of piperazine rings is 1. The summed E-state index contributed by atoms with van der Waals surface area (Å²) in [5.74, 6) is 0. The van der Waals surface area contributed by atoms with Gasteiger partial charge in [0, 0.05) is 42.8 Å². The SMILES string of the molecule is Cc1ncnc2ccc(-c3sc(NC(=O)N4CCN(C(C)C#N)CC4)nc3-c3cccc(C#N)c3)cc12. The monoisotopic (exact) mass is 508 g/mol. The van der Waals surface area contributed by atoms with Crippen LogP contribution in [0.1, 0.15) is 18.2 Å². The molecular weight excluding hydrogens is 484 g/mol. The molecule has 1 unspecified atom stereocenters. The standard InChI is InChI=1S/C27H24N8OS/c1-17(14-28)34-8-10-35(11-9-34)27(36)33-26-32-24(20-5-3-4-19(12-20)15-29)25(37-26)21-6-7-23-22(13-21)18(2)30-16-31-23/h3-7,12-13,16-17H,8-11H2,1-2H3,(H,32,33,36). The molecule has 37 heavy (non-hydrogen) atoms. The van der Waals surface area contributed by atoms with E-state index in [0.29, 0.717) is 42.6 Å². The molecule has 184 valence electrons. The van der Waals surface area contributed by atoms with Crippen molar-refractivity contribution in [3.63, 3.8) is 0 Å². The number of urea groups is 1. The summed E-state index contributed by atoms with van der Waals surface area (Å²) in [6, 6.07) is 17.3. The second kappa shape index (κ2) is 10.3. The van der Waals surface area contributed by atoms with Crippen molar-refractivity contribution in [3.8, 4) is 33.8 Å². The minimum Gasteiger partial charge on any atom is -0.322 e. The average molecular weight is 509 g/mol. The van der Waals surface area contributed by atoms with Gasteiger partial charge < -0.3 is 4.90 Å². The Hall–Kier alpha value is -4.38. The molecule has 9 nitrogen and oxygen atoms in total. The predicted octanol–water partition coefficient (Wildman–Crippen LogP) is 4.66. The van der Waals surface area contributed by atoms with Gasteiger partial charge in [-0.25, -0.2) is 19.7 Å². The van der Waals surface area contributed by atoms with Crippen LogP contribution in [0.4, 0.5) is 9.93 Å². The molecule has 0 aliphatic carbocycles. The van der Waals surface area contributed by atoms with Crippen molar-refractivity contribution >= 4 is 33.4 Å². The summed E-state index contributed by atoms with van der Waals surface area (Å²) in [5.41, 5.74) is 4.69. The lowest BCUT2D eigenvalue weighted by atomic mass is 10.0. The molecule has 1 aliphatic rings. The summed E-state index contributed by atoms with van der Waals surface area (Å²) in [5, 5.41) is 23.0. The summed E-state index contributed by atoms with van der Waals surface area (Å²) in [6.07, 6.45) is 1.55. The number of fused-ring (bicyclic) bond motifs is 1. The molecule has 4 aromatic rings. The van der Waals surface area contributed by atoms with E-state index >= 15 is 0 Å². The molecule has 1 N–H and O–H groups in total. The molecule has 2 aromatic heterocycles. The van der Waals surface area contributed by atoms with Gasteiger partial charge in [-0.1, -0.05) is 29.5 Å². The van der Waals surface area contributed by atoms with E-state index < -0.39 is 0 Å². The number of nitrogens with zero attached hydrogens (tertiary/aromatic N) is 7. The van der Waals surface area contributed by atoms with E-state index in [4.69, 9.17) is 10.2 Å². The summed E-state index contributed by atoms with van der Waals surface area (Å²) in [7, 11) is 0. The first-order valence-corrected chi connectivity index (χ1v) is 12.7. The minimum absolute atomic E-state index is 0.172. The number of carbonyl (C=O) groups excluding carboxylic acids is 1. The van der Waals surface area contributed by atoms with Crippen LogP contribution >= 0.6 is 11.3 Å². The number of thiazole rings is 1. The summed E-state index contributed by atoms with van der Waals surface area (Å²) < 4.78 is 0. The van der Waals surface area contributed by atoms with E-state index in [0.717, 1.165) is 32.6 Å². The molecule has 1 aliphatic heterocycles. The summed E-state index contributed by atoms with van der Waals surface area (Å²) in [4.78, 5) is 31.2. The highest BCUT2D eigenvalue weighted by atomic mass is 32.1. The van der Waals surface area contributed by atoms with Crippen LogP contribution in [-0.4, -0.2) is 63.0 Å². The Bertz CT molecular complexity index is 1560. The number of amides is 2. The highest BCUT2D eigenvalue weighted by Gasteiger charge is 2.25. The molecule has 5 rings (SSSR count). The van der Waals surface area contributed by atoms with Gasteiger partial charge in [0.2, 0.25) is 0 Å². The quantitative estimate of drug-likeness (QED) is 0.425. The lowest BCUT2D eigenvalue weighted by molar-refractivity contribution is 0.135. The van der Waals surface area contributed by atoms with E-state index in [1.165, 1.54) is 11.3 Å². The van der Waals surface area contributed by atoms with Crippen molar-refractivity contribution in [3.05, 3.63) is 60.0 Å². The second-order valence-electron chi connectivity index (χ2n) is 8.84. The first-order chi connectivity index (χ1) is 18.0. The Balaban J connectivity index is 1.48. The summed E-state index contributed by atoms with van der Waals surface area (Å²) >= 11 is 1.39. The van der Waals surface area contributed by atoms with Crippen LogP contribution < -0.4 is 5.32 Å². The lowest BCUT2D eigenvalue weighted by Gasteiger charge is -2.35. The molecule has 1 fully saturated rings. The third kappa shape index (κ3) is 4.98. The van der Waals surface area contributed by atoms with Crippen molar-refractivity contribution in [2.75, 3.05) is 31.5 Å². The molecule has 0 spiro atoms. The van der Waals surface area contributed by atoms with E-state index in [1.54, 1.807) is 23.4 Å². The fourth-order valence-electron chi connectivity index (χ4n) is 4.39. The number of hydrogen-bond donors (Lipinski definition) is 1. The Morgan fingerprint density at radius 1 is 1.08 bits per heavy atom. The van der Waals surface area contributed by atoms with Crippen molar-refractivity contribution < 1.29 is 4.79 Å². The topological polar surface area (TPSA) is 122 Å². The molecule has 10 heteroatoms. The molecular formula is C27H24N8OS. The van der Waals surface area contributed by atoms with Crippen LogP contribution in [0, 0.1) is 29.6 Å². The Morgan fingerprint density at radius 2 is 1.89 bits per heavy atom. The molecule has 1 atom stereocenters. The Kier molecular flexibility index (Phi) is 6.78. The third-order valence-corrected chi connectivity index (χ3v) is 7.56. The number of aromatic nitrogens is 3. The fourth-order valence-corrected chi connectivity index (χ4v) is 5.37. The number of rotatable bonds is 4. The number of carbonyl (C=O) groups is 1. The maximum Gasteiger partial charge on any atom is 0.323 e. The molecule has 1 saturated heterocycles. The maximum absolute atomic E-state index is 13.1.